The van der Waals surface area contributed by atoms with Crippen LogP contribution in [-0.2, 0) is 12.7 Å². The summed E-state index contributed by atoms with van der Waals surface area (Å²) in [6, 6.07) is 2.89. The molecule has 2 aromatic rings. The number of nitrogens with one attached hydrogen (secondary N) is 1. The number of anilines is 2. The van der Waals surface area contributed by atoms with Gasteiger partial charge < -0.3 is 15.5 Å². The van der Waals surface area contributed by atoms with Crippen LogP contribution in [0.25, 0.3) is 0 Å². The predicted molar refractivity (Wildman–Crippen MR) is 61.9 cm³/mol. The van der Waals surface area contributed by atoms with Gasteiger partial charge in [0, 0.05) is 0 Å². The van der Waals surface area contributed by atoms with Crippen LogP contribution in [0.3, 0.4) is 0 Å². The highest BCUT2D eigenvalue weighted by molar-refractivity contribution is 6.33. The van der Waals surface area contributed by atoms with Crippen LogP contribution in [0.15, 0.2) is 22.6 Å². The standard InChI is InChI=1S/C10H8ClF3N4O/c11-6-3-5(10(12,13)14)1-2-7(6)16-9-18-17-8(4-15)19-9/h1-3H,4,15H2,(H,16,18). The van der Waals surface area contributed by atoms with Gasteiger partial charge in [0.2, 0.25) is 5.89 Å². The van der Waals surface area contributed by atoms with Crippen molar-refractivity contribution in [1.82, 2.24) is 10.2 Å². The Morgan fingerprint density at radius 1 is 1.32 bits per heavy atom. The molecule has 0 atom stereocenters. The van der Waals surface area contributed by atoms with Gasteiger partial charge in [-0.15, -0.1) is 5.10 Å². The summed E-state index contributed by atoms with van der Waals surface area (Å²) in [5.74, 6) is 0.200. The molecule has 0 saturated carbocycles. The smallest absolute Gasteiger partial charge is 0.406 e. The van der Waals surface area contributed by atoms with Crippen LogP contribution in [0.5, 0.6) is 0 Å². The van der Waals surface area contributed by atoms with Crippen molar-refractivity contribution in [2.24, 2.45) is 5.73 Å². The van der Waals surface area contributed by atoms with Gasteiger partial charge in [-0.2, -0.15) is 13.2 Å². The largest absolute Gasteiger partial charge is 0.416 e. The summed E-state index contributed by atoms with van der Waals surface area (Å²) < 4.78 is 42.4. The first-order chi connectivity index (χ1) is 8.90. The van der Waals surface area contributed by atoms with Gasteiger partial charge in [0.05, 0.1) is 22.8 Å². The first kappa shape index (κ1) is 13.6. The van der Waals surface area contributed by atoms with Crippen LogP contribution < -0.4 is 11.1 Å². The molecule has 0 unspecified atom stereocenters. The van der Waals surface area contributed by atoms with E-state index >= 15 is 0 Å². The molecule has 0 aliphatic heterocycles. The Bertz CT molecular complexity index is 584. The summed E-state index contributed by atoms with van der Waals surface area (Å²) in [5, 5.41) is 9.70. The fourth-order valence-corrected chi connectivity index (χ4v) is 1.52. The van der Waals surface area contributed by atoms with E-state index in [0.29, 0.717) is 0 Å². The van der Waals surface area contributed by atoms with Crippen molar-refractivity contribution in [3.63, 3.8) is 0 Å². The summed E-state index contributed by atoms with van der Waals surface area (Å²) >= 11 is 5.75. The highest BCUT2D eigenvalue weighted by Gasteiger charge is 2.30. The van der Waals surface area contributed by atoms with Crippen LogP contribution >= 0.6 is 11.6 Å². The minimum Gasteiger partial charge on any atom is -0.406 e. The molecular weight excluding hydrogens is 285 g/mol. The average molecular weight is 293 g/mol. The molecule has 102 valence electrons. The molecule has 1 aromatic carbocycles. The van der Waals surface area contributed by atoms with E-state index in [1.807, 2.05) is 0 Å². The number of nitrogens with zero attached hydrogens (tertiary/aromatic N) is 2. The van der Waals surface area contributed by atoms with Gasteiger partial charge in [0.1, 0.15) is 0 Å². The van der Waals surface area contributed by atoms with E-state index in [9.17, 15) is 13.2 Å². The third-order valence-electron chi connectivity index (χ3n) is 2.18. The minimum atomic E-state index is -4.45. The maximum atomic E-state index is 12.4. The van der Waals surface area contributed by atoms with E-state index in [-0.39, 0.29) is 29.2 Å². The monoisotopic (exact) mass is 292 g/mol. The molecule has 9 heteroatoms. The van der Waals surface area contributed by atoms with Crippen molar-refractivity contribution in [3.8, 4) is 0 Å². The SMILES string of the molecule is NCc1nnc(Nc2ccc(C(F)(F)F)cc2Cl)o1. The molecule has 0 amide bonds. The summed E-state index contributed by atoms with van der Waals surface area (Å²) in [6.07, 6.45) is -4.45. The minimum absolute atomic E-state index is 0.00195. The number of rotatable bonds is 3. The van der Waals surface area contributed by atoms with Gasteiger partial charge in [0.15, 0.2) is 0 Å². The number of aromatic nitrogens is 2. The van der Waals surface area contributed by atoms with Gasteiger partial charge in [-0.3, -0.25) is 0 Å². The Balaban J connectivity index is 2.22. The summed E-state index contributed by atoms with van der Waals surface area (Å²) in [5.41, 5.74) is 4.67. The zero-order chi connectivity index (χ0) is 14.0. The third-order valence-corrected chi connectivity index (χ3v) is 2.49. The van der Waals surface area contributed by atoms with E-state index in [0.717, 1.165) is 12.1 Å². The van der Waals surface area contributed by atoms with E-state index in [1.54, 1.807) is 0 Å². The van der Waals surface area contributed by atoms with E-state index in [2.05, 4.69) is 15.5 Å². The van der Waals surface area contributed by atoms with Crippen molar-refractivity contribution < 1.29 is 17.6 Å². The van der Waals surface area contributed by atoms with Gasteiger partial charge >= 0.3 is 12.2 Å². The number of nitrogens with two attached hydrogens (primary N) is 1. The summed E-state index contributed by atoms with van der Waals surface area (Å²) in [4.78, 5) is 0. The van der Waals surface area contributed by atoms with Crippen LogP contribution in [0.1, 0.15) is 11.5 Å². The topological polar surface area (TPSA) is 77.0 Å². The van der Waals surface area contributed by atoms with Crippen molar-refractivity contribution in [1.29, 1.82) is 0 Å². The lowest BCUT2D eigenvalue weighted by molar-refractivity contribution is -0.137. The predicted octanol–water partition coefficient (Wildman–Crippen LogP) is 2.94. The Labute approximate surface area is 110 Å². The van der Waals surface area contributed by atoms with E-state index < -0.39 is 11.7 Å². The molecule has 3 N–H and O–H groups in total. The molecule has 0 radical (unpaired) electrons. The summed E-state index contributed by atoms with van der Waals surface area (Å²) in [6.45, 7) is 0.0649. The maximum absolute atomic E-state index is 12.4. The van der Waals surface area contributed by atoms with Crippen molar-refractivity contribution in [3.05, 3.63) is 34.7 Å². The number of alkyl halides is 3. The maximum Gasteiger partial charge on any atom is 0.416 e. The Hall–Kier alpha value is -1.80. The normalized spacial score (nSPS) is 11.6. The van der Waals surface area contributed by atoms with Crippen molar-refractivity contribution in [2.75, 3.05) is 5.32 Å². The van der Waals surface area contributed by atoms with Crippen molar-refractivity contribution >= 4 is 23.3 Å². The summed E-state index contributed by atoms with van der Waals surface area (Å²) in [7, 11) is 0. The molecule has 0 saturated heterocycles. The van der Waals surface area contributed by atoms with Gasteiger partial charge in [-0.1, -0.05) is 16.7 Å². The Morgan fingerprint density at radius 2 is 2.05 bits per heavy atom. The first-order valence-corrected chi connectivity index (χ1v) is 5.44. The number of benzene rings is 1. The van der Waals surface area contributed by atoms with Crippen LogP contribution in [0, 0.1) is 0 Å². The quantitative estimate of drug-likeness (QED) is 0.909. The molecule has 2 rings (SSSR count). The molecule has 19 heavy (non-hydrogen) atoms. The van der Waals surface area contributed by atoms with E-state index in [1.165, 1.54) is 6.07 Å². The highest BCUT2D eigenvalue weighted by atomic mass is 35.5. The van der Waals surface area contributed by atoms with Crippen LogP contribution in [0.2, 0.25) is 5.02 Å². The molecule has 1 heterocycles. The second kappa shape index (κ2) is 5.06. The fourth-order valence-electron chi connectivity index (χ4n) is 1.29. The van der Waals surface area contributed by atoms with Gasteiger partial charge in [-0.05, 0) is 18.2 Å². The molecule has 1 aromatic heterocycles. The fraction of sp³-hybridized carbons (Fsp3) is 0.200. The Kier molecular flexibility index (Phi) is 3.63. The van der Waals surface area contributed by atoms with Gasteiger partial charge in [0.25, 0.3) is 0 Å². The highest BCUT2D eigenvalue weighted by Crippen LogP contribution is 2.34. The lowest BCUT2D eigenvalue weighted by Gasteiger charge is -2.09. The van der Waals surface area contributed by atoms with E-state index in [4.69, 9.17) is 21.8 Å². The van der Waals surface area contributed by atoms with Crippen molar-refractivity contribution in [2.45, 2.75) is 12.7 Å². The van der Waals surface area contributed by atoms with Crippen LogP contribution in [-0.4, -0.2) is 10.2 Å². The van der Waals surface area contributed by atoms with Crippen LogP contribution in [0.4, 0.5) is 24.9 Å². The molecule has 0 fully saturated rings. The zero-order valence-corrected chi connectivity index (χ0v) is 10.1. The Morgan fingerprint density at radius 3 is 2.58 bits per heavy atom. The molecular formula is C10H8ClF3N4O. The number of halogens is 4. The number of hydrogen-bond donors (Lipinski definition) is 2. The molecule has 5 nitrogen and oxygen atoms in total. The lowest BCUT2D eigenvalue weighted by atomic mass is 10.2. The average Bonchev–Trinajstić information content (AvgIpc) is 2.78. The first-order valence-electron chi connectivity index (χ1n) is 5.06. The second-order valence-corrected chi connectivity index (χ2v) is 3.93. The third kappa shape index (κ3) is 3.15. The molecule has 0 spiro atoms. The second-order valence-electron chi connectivity index (χ2n) is 3.52. The molecule has 0 bridgehead atoms. The molecule has 0 aliphatic rings. The lowest BCUT2D eigenvalue weighted by Crippen LogP contribution is -2.05. The van der Waals surface area contributed by atoms with Gasteiger partial charge in [-0.25, -0.2) is 0 Å². The number of hydrogen-bond acceptors (Lipinski definition) is 5. The molecule has 0 aliphatic carbocycles. The zero-order valence-electron chi connectivity index (χ0n) is 9.33.